The standard InChI is InChI=1S/C11H13F2IN2O/c1-16(2)6-5-15-11(17)9-7(12)3-4-8(14)10(9)13/h3-4H,5-6H2,1-2H3,(H,15,17). The van der Waals surface area contributed by atoms with Crippen molar-refractivity contribution in [3.63, 3.8) is 0 Å². The molecule has 0 fully saturated rings. The second-order valence-corrected chi connectivity index (χ2v) is 4.94. The number of nitrogens with zero attached hydrogens (tertiary/aromatic N) is 1. The largest absolute Gasteiger partial charge is 0.351 e. The second-order valence-electron chi connectivity index (χ2n) is 3.78. The maximum atomic E-state index is 13.6. The van der Waals surface area contributed by atoms with Gasteiger partial charge in [-0.15, -0.1) is 0 Å². The van der Waals surface area contributed by atoms with Crippen LogP contribution in [-0.2, 0) is 0 Å². The van der Waals surface area contributed by atoms with Gasteiger partial charge in [-0.05, 0) is 48.8 Å². The van der Waals surface area contributed by atoms with Crippen LogP contribution >= 0.6 is 22.6 Å². The van der Waals surface area contributed by atoms with Crippen LogP contribution in [-0.4, -0.2) is 38.0 Å². The first-order valence-corrected chi connectivity index (χ1v) is 6.07. The summed E-state index contributed by atoms with van der Waals surface area (Å²) in [4.78, 5) is 13.5. The van der Waals surface area contributed by atoms with Gasteiger partial charge < -0.3 is 10.2 Å². The molecule has 94 valence electrons. The molecular formula is C11H13F2IN2O. The minimum atomic E-state index is -0.842. The van der Waals surface area contributed by atoms with Crippen LogP contribution in [0.1, 0.15) is 10.4 Å². The van der Waals surface area contributed by atoms with Crippen LogP contribution in [0.4, 0.5) is 8.78 Å². The summed E-state index contributed by atoms with van der Waals surface area (Å²) in [5, 5.41) is 2.48. The second kappa shape index (κ2) is 6.25. The lowest BCUT2D eigenvalue weighted by Crippen LogP contribution is -2.32. The van der Waals surface area contributed by atoms with Crippen molar-refractivity contribution in [3.8, 4) is 0 Å². The molecule has 0 aliphatic heterocycles. The molecule has 1 amide bonds. The Morgan fingerprint density at radius 2 is 2.06 bits per heavy atom. The molecule has 0 aliphatic carbocycles. The fourth-order valence-electron chi connectivity index (χ4n) is 1.22. The van der Waals surface area contributed by atoms with Gasteiger partial charge in [0.2, 0.25) is 0 Å². The third kappa shape index (κ3) is 3.88. The zero-order valence-corrected chi connectivity index (χ0v) is 11.7. The maximum Gasteiger partial charge on any atom is 0.257 e. The average molecular weight is 354 g/mol. The molecule has 0 aromatic heterocycles. The molecule has 3 nitrogen and oxygen atoms in total. The Morgan fingerprint density at radius 1 is 1.41 bits per heavy atom. The molecule has 1 aromatic carbocycles. The number of benzene rings is 1. The van der Waals surface area contributed by atoms with Crippen LogP contribution in [0.5, 0.6) is 0 Å². The summed E-state index contributed by atoms with van der Waals surface area (Å²) in [5.41, 5.74) is -0.518. The highest BCUT2D eigenvalue weighted by Gasteiger charge is 2.19. The molecule has 1 N–H and O–H groups in total. The molecule has 0 aliphatic rings. The normalized spacial score (nSPS) is 10.7. The van der Waals surface area contributed by atoms with Crippen LogP contribution in [0.2, 0.25) is 0 Å². The Bertz CT molecular complexity index is 424. The fourth-order valence-corrected chi connectivity index (χ4v) is 1.67. The van der Waals surface area contributed by atoms with Crippen LogP contribution in [0.25, 0.3) is 0 Å². The molecule has 1 aromatic rings. The molecule has 6 heteroatoms. The number of nitrogens with one attached hydrogen (secondary N) is 1. The van der Waals surface area contributed by atoms with Crippen molar-refractivity contribution in [2.75, 3.05) is 27.2 Å². The van der Waals surface area contributed by atoms with Crippen molar-refractivity contribution >= 4 is 28.5 Å². The van der Waals surface area contributed by atoms with E-state index in [-0.39, 0.29) is 3.57 Å². The molecule has 0 saturated carbocycles. The van der Waals surface area contributed by atoms with Crippen molar-refractivity contribution in [2.45, 2.75) is 0 Å². The average Bonchev–Trinajstić information content (AvgIpc) is 2.23. The number of amides is 1. The van der Waals surface area contributed by atoms with Gasteiger partial charge in [-0.1, -0.05) is 0 Å². The Kier molecular flexibility index (Phi) is 5.26. The Labute approximate surface area is 112 Å². The lowest BCUT2D eigenvalue weighted by atomic mass is 10.2. The van der Waals surface area contributed by atoms with Gasteiger partial charge in [0.1, 0.15) is 11.4 Å². The number of rotatable bonds is 4. The molecule has 0 bridgehead atoms. The van der Waals surface area contributed by atoms with Gasteiger partial charge in [-0.3, -0.25) is 4.79 Å². The van der Waals surface area contributed by atoms with E-state index >= 15 is 0 Å². The van der Waals surface area contributed by atoms with E-state index in [4.69, 9.17) is 0 Å². The first-order valence-electron chi connectivity index (χ1n) is 5.00. The summed E-state index contributed by atoms with van der Waals surface area (Å²) >= 11 is 1.72. The minimum Gasteiger partial charge on any atom is -0.351 e. The molecule has 0 saturated heterocycles. The summed E-state index contributed by atoms with van der Waals surface area (Å²) in [6.07, 6.45) is 0. The van der Waals surface area contributed by atoms with Crippen molar-refractivity contribution in [1.82, 2.24) is 10.2 Å². The predicted molar refractivity (Wildman–Crippen MR) is 70.0 cm³/mol. The lowest BCUT2D eigenvalue weighted by molar-refractivity contribution is 0.0942. The van der Waals surface area contributed by atoms with Crippen LogP contribution in [0, 0.1) is 15.2 Å². The van der Waals surface area contributed by atoms with E-state index in [1.54, 1.807) is 22.6 Å². The SMILES string of the molecule is CN(C)CCNC(=O)c1c(F)ccc(I)c1F. The van der Waals surface area contributed by atoms with Gasteiger partial charge >= 0.3 is 0 Å². The number of halogens is 3. The summed E-state index contributed by atoms with van der Waals surface area (Å²) < 4.78 is 27.2. The van der Waals surface area contributed by atoms with Gasteiger partial charge in [-0.2, -0.15) is 0 Å². The number of carbonyl (C=O) groups excluding carboxylic acids is 1. The number of hydrogen-bond donors (Lipinski definition) is 1. The van der Waals surface area contributed by atoms with Gasteiger partial charge in [0.05, 0.1) is 0 Å². The Morgan fingerprint density at radius 3 is 2.65 bits per heavy atom. The lowest BCUT2D eigenvalue weighted by Gasteiger charge is -2.11. The van der Waals surface area contributed by atoms with Crippen LogP contribution in [0.3, 0.4) is 0 Å². The minimum absolute atomic E-state index is 0.224. The van der Waals surface area contributed by atoms with E-state index in [0.717, 1.165) is 6.07 Å². The van der Waals surface area contributed by atoms with Gasteiger partial charge in [0.25, 0.3) is 5.91 Å². The fraction of sp³-hybridized carbons (Fsp3) is 0.364. The van der Waals surface area contributed by atoms with Crippen molar-refractivity contribution in [3.05, 3.63) is 32.9 Å². The van der Waals surface area contributed by atoms with Gasteiger partial charge in [0.15, 0.2) is 5.82 Å². The third-order valence-corrected chi connectivity index (χ3v) is 2.95. The summed E-state index contributed by atoms with van der Waals surface area (Å²) in [7, 11) is 3.69. The van der Waals surface area contributed by atoms with Crippen molar-refractivity contribution in [1.29, 1.82) is 0 Å². The van der Waals surface area contributed by atoms with Crippen molar-refractivity contribution < 1.29 is 13.6 Å². The quantitative estimate of drug-likeness (QED) is 0.661. The molecule has 1 rings (SSSR count). The van der Waals surface area contributed by atoms with Crippen molar-refractivity contribution in [2.24, 2.45) is 0 Å². The highest BCUT2D eigenvalue weighted by Crippen LogP contribution is 2.18. The van der Waals surface area contributed by atoms with Gasteiger partial charge in [0, 0.05) is 16.7 Å². The first kappa shape index (κ1) is 14.3. The van der Waals surface area contributed by atoms with E-state index in [1.165, 1.54) is 6.07 Å². The van der Waals surface area contributed by atoms with E-state index in [1.807, 2.05) is 19.0 Å². The molecule has 0 unspecified atom stereocenters. The molecule has 0 radical (unpaired) electrons. The number of hydrogen-bond acceptors (Lipinski definition) is 2. The number of carbonyl (C=O) groups is 1. The number of likely N-dealkylation sites (N-methyl/N-ethyl adjacent to an activating group) is 1. The van der Waals surface area contributed by atoms with Crippen LogP contribution in [0.15, 0.2) is 12.1 Å². The maximum absolute atomic E-state index is 13.6. The zero-order valence-electron chi connectivity index (χ0n) is 9.56. The molecular weight excluding hydrogens is 341 g/mol. The van der Waals surface area contributed by atoms with Gasteiger partial charge in [-0.25, -0.2) is 8.78 Å². The third-order valence-electron chi connectivity index (χ3n) is 2.12. The smallest absolute Gasteiger partial charge is 0.257 e. The molecule has 0 spiro atoms. The highest BCUT2D eigenvalue weighted by molar-refractivity contribution is 14.1. The summed E-state index contributed by atoms with van der Waals surface area (Å²) in [6, 6.07) is 2.38. The summed E-state index contributed by atoms with van der Waals surface area (Å²) in [5.74, 6) is -2.38. The summed E-state index contributed by atoms with van der Waals surface area (Å²) in [6.45, 7) is 0.953. The molecule has 0 atom stereocenters. The Hall–Kier alpha value is -0.760. The topological polar surface area (TPSA) is 32.3 Å². The Balaban J connectivity index is 2.79. The van der Waals surface area contributed by atoms with E-state index in [0.29, 0.717) is 13.1 Å². The predicted octanol–water partition coefficient (Wildman–Crippen LogP) is 1.86. The van der Waals surface area contributed by atoms with Crippen LogP contribution < -0.4 is 5.32 Å². The zero-order chi connectivity index (χ0) is 13.0. The monoisotopic (exact) mass is 354 g/mol. The highest BCUT2D eigenvalue weighted by atomic mass is 127. The van der Waals surface area contributed by atoms with E-state index in [9.17, 15) is 13.6 Å². The molecule has 17 heavy (non-hydrogen) atoms. The molecule has 0 heterocycles. The van der Waals surface area contributed by atoms with E-state index in [2.05, 4.69) is 5.32 Å². The van der Waals surface area contributed by atoms with E-state index < -0.39 is 23.1 Å². The first-order chi connectivity index (χ1) is 7.93.